The zero-order chi connectivity index (χ0) is 21.1. The predicted molar refractivity (Wildman–Crippen MR) is 119 cm³/mol. The molecule has 154 valence electrons. The first-order valence-corrected chi connectivity index (χ1v) is 10.8. The Morgan fingerprint density at radius 3 is 2.63 bits per heavy atom. The van der Waals surface area contributed by atoms with Gasteiger partial charge in [0.25, 0.3) is 5.91 Å². The fourth-order valence-electron chi connectivity index (χ4n) is 3.36. The van der Waals surface area contributed by atoms with Crippen molar-refractivity contribution in [2.45, 2.75) is 31.5 Å². The Hall–Kier alpha value is -3.26. The first kappa shape index (κ1) is 20.0. The molecule has 1 aromatic heterocycles. The summed E-state index contributed by atoms with van der Waals surface area (Å²) in [5, 5.41) is 21.3. The zero-order valence-corrected chi connectivity index (χ0v) is 17.6. The van der Waals surface area contributed by atoms with E-state index >= 15 is 0 Å². The summed E-state index contributed by atoms with van der Waals surface area (Å²) in [6, 6.07) is 15.7. The number of nitrogens with one attached hydrogen (secondary N) is 2. The summed E-state index contributed by atoms with van der Waals surface area (Å²) in [5.74, 6) is 1.47. The Kier molecular flexibility index (Phi) is 5.76. The summed E-state index contributed by atoms with van der Waals surface area (Å²) in [6.07, 6.45) is 1.02. The molecule has 0 saturated carbocycles. The molecule has 0 bridgehead atoms. The molecule has 1 aliphatic rings. The van der Waals surface area contributed by atoms with Crippen LogP contribution in [0.2, 0.25) is 0 Å². The van der Waals surface area contributed by atoms with Gasteiger partial charge in [0.1, 0.15) is 11.8 Å². The number of amides is 1. The summed E-state index contributed by atoms with van der Waals surface area (Å²) in [4.78, 5) is 17.9. The van der Waals surface area contributed by atoms with Crippen LogP contribution in [0.1, 0.15) is 31.9 Å². The number of allylic oxidation sites excluding steroid dienone is 1. The second-order valence-electron chi connectivity index (χ2n) is 6.99. The fraction of sp³-hybridized carbons (Fsp3) is 0.227. The van der Waals surface area contributed by atoms with Crippen molar-refractivity contribution in [3.05, 3.63) is 71.4 Å². The number of para-hydroxylation sites is 1. The summed E-state index contributed by atoms with van der Waals surface area (Å²) in [5.41, 5.74) is 2.82. The number of hydrogen-bond acceptors (Lipinski definition) is 6. The number of benzene rings is 2. The number of phenols is 1. The number of aromatic nitrogens is 3. The molecule has 0 spiro atoms. The molecule has 30 heavy (non-hydrogen) atoms. The van der Waals surface area contributed by atoms with E-state index in [0.717, 1.165) is 23.4 Å². The van der Waals surface area contributed by atoms with E-state index in [9.17, 15) is 9.90 Å². The Balaban J connectivity index is 1.75. The molecule has 0 fully saturated rings. The molecule has 7 nitrogen and oxygen atoms in total. The number of nitrogens with zero attached hydrogens (tertiary/aromatic N) is 3. The number of anilines is 2. The topological polar surface area (TPSA) is 92.1 Å². The summed E-state index contributed by atoms with van der Waals surface area (Å²) >= 11 is 1.58. The third-order valence-electron chi connectivity index (χ3n) is 4.75. The molecular formula is C22H23N5O2S. The van der Waals surface area contributed by atoms with Gasteiger partial charge in [-0.1, -0.05) is 49.0 Å². The van der Waals surface area contributed by atoms with Crippen molar-refractivity contribution in [1.82, 2.24) is 14.8 Å². The minimum absolute atomic E-state index is 0.168. The summed E-state index contributed by atoms with van der Waals surface area (Å²) < 4.78 is 1.75. The standard InChI is InChI=1S/C22H23N5O2S/c1-3-13-30-22-25-21-23-14(2)18(20(29)24-16-7-5-4-6-8-16)19(27(21)26-22)15-9-11-17(28)12-10-15/h4-12,19,28H,3,13H2,1-2H3,(H,24,29)(H,23,25,26). The lowest BCUT2D eigenvalue weighted by Gasteiger charge is -2.28. The van der Waals surface area contributed by atoms with Gasteiger partial charge in [-0.2, -0.15) is 4.98 Å². The first-order valence-electron chi connectivity index (χ1n) is 9.79. The number of carbonyl (C=O) groups is 1. The van der Waals surface area contributed by atoms with Gasteiger partial charge in [-0.05, 0) is 43.2 Å². The normalized spacial score (nSPS) is 15.5. The van der Waals surface area contributed by atoms with Crippen LogP contribution in [0.25, 0.3) is 0 Å². The van der Waals surface area contributed by atoms with E-state index in [1.54, 1.807) is 40.7 Å². The molecular weight excluding hydrogens is 398 g/mol. The van der Waals surface area contributed by atoms with Gasteiger partial charge >= 0.3 is 0 Å². The van der Waals surface area contributed by atoms with E-state index in [1.165, 1.54) is 0 Å². The van der Waals surface area contributed by atoms with Crippen molar-refractivity contribution in [3.8, 4) is 5.75 Å². The highest BCUT2D eigenvalue weighted by Crippen LogP contribution is 2.37. The monoisotopic (exact) mass is 421 g/mol. The molecule has 0 saturated heterocycles. The lowest BCUT2D eigenvalue weighted by Crippen LogP contribution is -2.31. The second kappa shape index (κ2) is 8.62. The maximum Gasteiger partial charge on any atom is 0.255 e. The lowest BCUT2D eigenvalue weighted by molar-refractivity contribution is -0.113. The van der Waals surface area contributed by atoms with Gasteiger partial charge in [-0.25, -0.2) is 4.68 Å². The van der Waals surface area contributed by atoms with E-state index in [1.807, 2.05) is 37.3 Å². The van der Waals surface area contributed by atoms with Crippen LogP contribution < -0.4 is 10.6 Å². The Morgan fingerprint density at radius 1 is 1.20 bits per heavy atom. The van der Waals surface area contributed by atoms with E-state index in [-0.39, 0.29) is 11.7 Å². The van der Waals surface area contributed by atoms with Crippen molar-refractivity contribution in [3.63, 3.8) is 0 Å². The third kappa shape index (κ3) is 4.04. The summed E-state index contributed by atoms with van der Waals surface area (Å²) in [7, 11) is 0. The smallest absolute Gasteiger partial charge is 0.255 e. The van der Waals surface area contributed by atoms with E-state index in [2.05, 4.69) is 27.6 Å². The van der Waals surface area contributed by atoms with Gasteiger partial charge in [-0.15, -0.1) is 5.10 Å². The molecule has 1 unspecified atom stereocenters. The number of thioether (sulfide) groups is 1. The van der Waals surface area contributed by atoms with Crippen LogP contribution in [0.15, 0.2) is 71.0 Å². The SMILES string of the molecule is CCCSc1nc2n(n1)C(c1ccc(O)cc1)C(C(=O)Nc1ccccc1)=C(C)N2. The molecule has 4 rings (SSSR count). The Labute approximate surface area is 179 Å². The number of aromatic hydroxyl groups is 1. The van der Waals surface area contributed by atoms with Crippen LogP contribution in [0, 0.1) is 0 Å². The van der Waals surface area contributed by atoms with Gasteiger partial charge in [0.2, 0.25) is 11.1 Å². The van der Waals surface area contributed by atoms with Crippen molar-refractivity contribution < 1.29 is 9.90 Å². The van der Waals surface area contributed by atoms with Gasteiger partial charge in [-0.3, -0.25) is 4.79 Å². The van der Waals surface area contributed by atoms with E-state index in [0.29, 0.717) is 22.4 Å². The van der Waals surface area contributed by atoms with Gasteiger partial charge in [0.15, 0.2) is 0 Å². The molecule has 3 N–H and O–H groups in total. The van der Waals surface area contributed by atoms with Crippen LogP contribution in [0.5, 0.6) is 5.75 Å². The average Bonchev–Trinajstić information content (AvgIpc) is 3.15. The lowest BCUT2D eigenvalue weighted by atomic mass is 9.95. The minimum Gasteiger partial charge on any atom is -0.508 e. The number of carbonyl (C=O) groups excluding carboxylic acids is 1. The highest BCUT2D eigenvalue weighted by atomic mass is 32.2. The molecule has 1 amide bonds. The molecule has 1 aliphatic heterocycles. The van der Waals surface area contributed by atoms with Gasteiger partial charge in [0.05, 0.1) is 5.57 Å². The first-order chi connectivity index (χ1) is 14.6. The van der Waals surface area contributed by atoms with Crippen LogP contribution in [-0.4, -0.2) is 31.5 Å². The zero-order valence-electron chi connectivity index (χ0n) is 16.8. The van der Waals surface area contributed by atoms with Crippen LogP contribution in [0.3, 0.4) is 0 Å². The predicted octanol–water partition coefficient (Wildman–Crippen LogP) is 4.41. The fourth-order valence-corrected chi connectivity index (χ4v) is 4.05. The van der Waals surface area contributed by atoms with Crippen molar-refractivity contribution in [2.75, 3.05) is 16.4 Å². The second-order valence-corrected chi connectivity index (χ2v) is 8.05. The van der Waals surface area contributed by atoms with E-state index < -0.39 is 6.04 Å². The number of hydrogen-bond donors (Lipinski definition) is 3. The maximum absolute atomic E-state index is 13.3. The Morgan fingerprint density at radius 2 is 1.93 bits per heavy atom. The molecule has 1 atom stereocenters. The minimum atomic E-state index is -0.464. The number of phenolic OH excluding ortho intramolecular Hbond substituents is 1. The molecule has 0 radical (unpaired) electrons. The molecule has 2 heterocycles. The van der Waals surface area contributed by atoms with Crippen LogP contribution in [0.4, 0.5) is 11.6 Å². The number of fused-ring (bicyclic) bond motifs is 1. The largest absolute Gasteiger partial charge is 0.508 e. The van der Waals surface area contributed by atoms with Crippen molar-refractivity contribution in [2.24, 2.45) is 0 Å². The van der Waals surface area contributed by atoms with Gasteiger partial charge in [0, 0.05) is 17.1 Å². The highest BCUT2D eigenvalue weighted by molar-refractivity contribution is 7.99. The van der Waals surface area contributed by atoms with Crippen molar-refractivity contribution >= 4 is 29.3 Å². The third-order valence-corrected chi connectivity index (χ3v) is 5.80. The molecule has 0 aliphatic carbocycles. The average molecular weight is 422 g/mol. The molecule has 3 aromatic rings. The Bertz CT molecular complexity index is 1080. The molecule has 8 heteroatoms. The molecule has 2 aromatic carbocycles. The quantitative estimate of drug-likeness (QED) is 0.511. The van der Waals surface area contributed by atoms with Crippen LogP contribution in [-0.2, 0) is 4.79 Å². The maximum atomic E-state index is 13.3. The highest BCUT2D eigenvalue weighted by Gasteiger charge is 2.34. The van der Waals surface area contributed by atoms with E-state index in [4.69, 9.17) is 0 Å². The van der Waals surface area contributed by atoms with Gasteiger partial charge < -0.3 is 15.7 Å². The number of rotatable bonds is 6. The van der Waals surface area contributed by atoms with Crippen LogP contribution >= 0.6 is 11.8 Å². The summed E-state index contributed by atoms with van der Waals surface area (Å²) in [6.45, 7) is 3.97. The van der Waals surface area contributed by atoms with Crippen molar-refractivity contribution in [1.29, 1.82) is 0 Å².